The molecule has 0 heterocycles. The molecule has 23 heavy (non-hydrogen) atoms. The lowest BCUT2D eigenvalue weighted by molar-refractivity contribution is 0.406. The van der Waals surface area contributed by atoms with Crippen molar-refractivity contribution in [2.45, 2.75) is 78.1 Å². The van der Waals surface area contributed by atoms with Crippen LogP contribution in [0.4, 0.5) is 0 Å². The summed E-state index contributed by atoms with van der Waals surface area (Å²) < 4.78 is 0. The van der Waals surface area contributed by atoms with Crippen LogP contribution >= 0.6 is 0 Å². The first-order valence-corrected chi connectivity index (χ1v) is 9.19. The highest BCUT2D eigenvalue weighted by Gasteiger charge is 2.24. The molecule has 2 heteroatoms. The zero-order chi connectivity index (χ0) is 17.3. The van der Waals surface area contributed by atoms with Crippen LogP contribution in [0.1, 0.15) is 83.8 Å². The molecule has 1 rings (SSSR count). The maximum atomic E-state index is 10.3. The zero-order valence-electron chi connectivity index (χ0n) is 15.5. The highest BCUT2D eigenvalue weighted by Crippen LogP contribution is 2.36. The number of unbranched alkanes of at least 4 members (excludes halogenated alkanes) is 4. The second-order valence-corrected chi connectivity index (χ2v) is 7.19. The number of hydrogen-bond donors (Lipinski definition) is 2. The molecule has 0 unspecified atom stereocenters. The van der Waals surface area contributed by atoms with E-state index in [0.29, 0.717) is 5.75 Å². The highest BCUT2D eigenvalue weighted by molar-refractivity contribution is 5.64. The summed E-state index contributed by atoms with van der Waals surface area (Å²) in [7, 11) is 0. The van der Waals surface area contributed by atoms with Gasteiger partial charge in [0.05, 0.1) is 0 Å². The lowest BCUT2D eigenvalue weighted by Crippen LogP contribution is -2.18. The molecule has 0 saturated carbocycles. The molecule has 2 nitrogen and oxygen atoms in total. The molecule has 0 aliphatic rings. The van der Waals surface area contributed by atoms with E-state index in [1.165, 1.54) is 32.1 Å². The fourth-order valence-electron chi connectivity index (χ4n) is 2.91. The van der Waals surface area contributed by atoms with Crippen molar-refractivity contribution in [3.05, 3.63) is 35.9 Å². The van der Waals surface area contributed by atoms with Gasteiger partial charge >= 0.3 is 0 Å². The van der Waals surface area contributed by atoms with Gasteiger partial charge in [-0.3, -0.25) is 0 Å². The molecular formula is C21H35NO. The minimum Gasteiger partial charge on any atom is -0.508 e. The van der Waals surface area contributed by atoms with E-state index in [4.69, 9.17) is 0 Å². The molecule has 0 aliphatic heterocycles. The van der Waals surface area contributed by atoms with Gasteiger partial charge in [-0.15, -0.1) is 0 Å². The Morgan fingerprint density at radius 3 is 2.43 bits per heavy atom. The lowest BCUT2D eigenvalue weighted by atomic mass is 9.78. The maximum Gasteiger partial charge on any atom is 0.119 e. The molecule has 0 radical (unpaired) electrons. The van der Waals surface area contributed by atoms with Gasteiger partial charge in [-0.1, -0.05) is 66.4 Å². The van der Waals surface area contributed by atoms with Crippen LogP contribution in [0.25, 0.3) is 5.70 Å². The van der Waals surface area contributed by atoms with Crippen molar-refractivity contribution >= 4 is 5.70 Å². The topological polar surface area (TPSA) is 32.3 Å². The van der Waals surface area contributed by atoms with Crippen molar-refractivity contribution in [3.8, 4) is 5.75 Å². The lowest BCUT2D eigenvalue weighted by Gasteiger charge is -2.27. The first-order valence-electron chi connectivity index (χ1n) is 9.19. The molecule has 130 valence electrons. The van der Waals surface area contributed by atoms with Crippen molar-refractivity contribution in [2.24, 2.45) is 0 Å². The van der Waals surface area contributed by atoms with Crippen LogP contribution in [0.2, 0.25) is 0 Å². The van der Waals surface area contributed by atoms with E-state index < -0.39 is 0 Å². The largest absolute Gasteiger partial charge is 0.508 e. The summed E-state index contributed by atoms with van der Waals surface area (Å²) in [6.45, 7) is 14.0. The SMILES string of the molecule is C=C(NCCCC)c1ccc(O)c(C(C)(C)CCCCCC)c1. The van der Waals surface area contributed by atoms with Crippen molar-refractivity contribution in [1.29, 1.82) is 0 Å². The average Bonchev–Trinajstić information content (AvgIpc) is 2.52. The summed E-state index contributed by atoms with van der Waals surface area (Å²) in [6, 6.07) is 5.87. The third-order valence-corrected chi connectivity index (χ3v) is 4.60. The quantitative estimate of drug-likeness (QED) is 0.490. The van der Waals surface area contributed by atoms with Crippen LogP contribution in [0.5, 0.6) is 5.75 Å². The normalized spacial score (nSPS) is 11.5. The number of aromatic hydroxyl groups is 1. The monoisotopic (exact) mass is 317 g/mol. The van der Waals surface area contributed by atoms with Crippen molar-refractivity contribution in [3.63, 3.8) is 0 Å². The minimum atomic E-state index is -0.0163. The van der Waals surface area contributed by atoms with Crippen LogP contribution in [0.15, 0.2) is 24.8 Å². The molecule has 0 aliphatic carbocycles. The Balaban J connectivity index is 2.80. The average molecular weight is 318 g/mol. The first-order chi connectivity index (χ1) is 10.9. The summed E-state index contributed by atoms with van der Waals surface area (Å²) in [5, 5.41) is 13.7. The second kappa shape index (κ2) is 9.64. The maximum absolute atomic E-state index is 10.3. The minimum absolute atomic E-state index is 0.0163. The standard InChI is InChI=1S/C21H35NO/c1-6-8-10-11-14-21(4,5)19-16-18(12-13-20(19)23)17(3)22-15-9-7-2/h12-13,16,22-23H,3,6-11,14-15H2,1-2,4-5H3. The van der Waals surface area contributed by atoms with Gasteiger partial charge < -0.3 is 10.4 Å². The zero-order valence-corrected chi connectivity index (χ0v) is 15.5. The van der Waals surface area contributed by atoms with Gasteiger partial charge in [-0.05, 0) is 42.0 Å². The molecule has 0 aromatic heterocycles. The van der Waals surface area contributed by atoms with Gasteiger partial charge in [0.2, 0.25) is 0 Å². The molecule has 0 atom stereocenters. The number of phenolic OH excluding ortho intramolecular Hbond substituents is 1. The Morgan fingerprint density at radius 1 is 1.09 bits per heavy atom. The molecule has 0 bridgehead atoms. The summed E-state index contributed by atoms with van der Waals surface area (Å²) in [6.07, 6.45) is 8.44. The fraction of sp³-hybridized carbons (Fsp3) is 0.619. The van der Waals surface area contributed by atoms with Crippen molar-refractivity contribution in [2.75, 3.05) is 6.54 Å². The Labute approximate surface area is 143 Å². The molecule has 2 N–H and O–H groups in total. The number of benzene rings is 1. The van der Waals surface area contributed by atoms with Gasteiger partial charge in [0.15, 0.2) is 0 Å². The first kappa shape index (κ1) is 19.6. The van der Waals surface area contributed by atoms with Gasteiger partial charge in [-0.2, -0.15) is 0 Å². The van der Waals surface area contributed by atoms with Crippen LogP contribution in [-0.4, -0.2) is 11.7 Å². The Morgan fingerprint density at radius 2 is 1.78 bits per heavy atom. The summed E-state index contributed by atoms with van der Waals surface area (Å²) >= 11 is 0. The predicted octanol–water partition coefficient (Wildman–Crippen LogP) is 6.00. The van der Waals surface area contributed by atoms with E-state index in [1.54, 1.807) is 0 Å². The number of nitrogens with one attached hydrogen (secondary N) is 1. The Bertz CT molecular complexity index is 491. The Kier molecular flexibility index (Phi) is 8.22. The number of rotatable bonds is 11. The van der Waals surface area contributed by atoms with Crippen molar-refractivity contribution in [1.82, 2.24) is 5.32 Å². The van der Waals surface area contributed by atoms with Gasteiger partial charge in [0.25, 0.3) is 0 Å². The van der Waals surface area contributed by atoms with E-state index in [9.17, 15) is 5.11 Å². The molecule has 0 saturated heterocycles. The van der Waals surface area contributed by atoms with E-state index >= 15 is 0 Å². The van der Waals surface area contributed by atoms with Crippen molar-refractivity contribution < 1.29 is 5.11 Å². The fourth-order valence-corrected chi connectivity index (χ4v) is 2.91. The van der Waals surface area contributed by atoms with Crippen LogP contribution in [0, 0.1) is 0 Å². The molecule has 1 aromatic rings. The number of phenols is 1. The van der Waals surface area contributed by atoms with Gasteiger partial charge in [0, 0.05) is 17.8 Å². The van der Waals surface area contributed by atoms with E-state index in [2.05, 4.69) is 45.7 Å². The predicted molar refractivity (Wildman–Crippen MR) is 102 cm³/mol. The summed E-state index contributed by atoms with van der Waals surface area (Å²) in [5.41, 5.74) is 3.04. The van der Waals surface area contributed by atoms with Gasteiger partial charge in [-0.25, -0.2) is 0 Å². The van der Waals surface area contributed by atoms with Crippen LogP contribution in [0.3, 0.4) is 0 Å². The molecule has 1 aromatic carbocycles. The molecule has 0 spiro atoms. The van der Waals surface area contributed by atoms with E-state index in [-0.39, 0.29) is 5.41 Å². The third-order valence-electron chi connectivity index (χ3n) is 4.60. The van der Waals surface area contributed by atoms with Crippen LogP contribution in [-0.2, 0) is 5.41 Å². The third kappa shape index (κ3) is 6.29. The second-order valence-electron chi connectivity index (χ2n) is 7.19. The summed E-state index contributed by atoms with van der Waals surface area (Å²) in [5.74, 6) is 0.399. The highest BCUT2D eigenvalue weighted by atomic mass is 16.3. The van der Waals surface area contributed by atoms with Crippen LogP contribution < -0.4 is 5.32 Å². The Hall–Kier alpha value is -1.44. The smallest absolute Gasteiger partial charge is 0.119 e. The van der Waals surface area contributed by atoms with E-state index in [1.807, 2.05) is 12.1 Å². The van der Waals surface area contributed by atoms with Gasteiger partial charge in [0.1, 0.15) is 5.75 Å². The molecular weight excluding hydrogens is 282 g/mol. The van der Waals surface area contributed by atoms with E-state index in [0.717, 1.165) is 36.2 Å². The molecule has 0 fully saturated rings. The number of hydrogen-bond acceptors (Lipinski definition) is 2. The summed E-state index contributed by atoms with van der Waals surface area (Å²) in [4.78, 5) is 0. The molecule has 0 amide bonds.